The van der Waals surface area contributed by atoms with Crippen molar-refractivity contribution in [3.8, 4) is 44.8 Å². The topological polar surface area (TPSA) is 38.9 Å². The van der Waals surface area contributed by atoms with Gasteiger partial charge in [0.25, 0.3) is 0 Å². The van der Waals surface area contributed by atoms with Crippen LogP contribution in [0.2, 0.25) is 0 Å². The average Bonchev–Trinajstić information content (AvgIpc) is 3.90. The summed E-state index contributed by atoms with van der Waals surface area (Å²) in [5.74, 6) is 0. The summed E-state index contributed by atoms with van der Waals surface area (Å²) in [4.78, 5) is 11.0. The van der Waals surface area contributed by atoms with Gasteiger partial charge in [0.1, 0.15) is 0 Å². The first-order chi connectivity index (χ1) is 29.3. The lowest BCUT2D eigenvalue weighted by Gasteiger charge is -2.26. The summed E-state index contributed by atoms with van der Waals surface area (Å²) in [6.07, 6.45) is 9.62. The van der Waals surface area contributed by atoms with Gasteiger partial charge in [0.05, 0.1) is 16.6 Å². The monoisotopic (exact) mass is 755 g/mol. The van der Waals surface area contributed by atoms with E-state index in [9.17, 15) is 0 Å². The molecule has 0 bridgehead atoms. The van der Waals surface area contributed by atoms with Crippen LogP contribution in [-0.2, 0) is 0 Å². The van der Waals surface area contributed by atoms with Gasteiger partial charge in [-0.25, -0.2) is 0 Å². The van der Waals surface area contributed by atoms with E-state index < -0.39 is 0 Å². The second kappa shape index (κ2) is 14.5. The Morgan fingerprint density at radius 3 is 1.39 bits per heavy atom. The highest BCUT2D eigenvalue weighted by Crippen LogP contribution is 2.41. The van der Waals surface area contributed by atoms with Crippen LogP contribution in [0.3, 0.4) is 0 Å². The Bertz CT molecular complexity index is 3130. The number of para-hydroxylation sites is 2. The fraction of sp³-hybridized carbons (Fsp3) is 0. The summed E-state index contributed by atoms with van der Waals surface area (Å²) >= 11 is 0. The maximum absolute atomic E-state index is 4.34. The number of nitrogens with zero attached hydrogens (tertiary/aromatic N) is 5. The molecule has 0 atom stereocenters. The van der Waals surface area contributed by atoms with Crippen LogP contribution in [0.15, 0.2) is 225 Å². The molecule has 0 aliphatic carbocycles. The fourth-order valence-electron chi connectivity index (χ4n) is 8.51. The summed E-state index contributed by atoms with van der Waals surface area (Å²) in [7, 11) is 0. The molecule has 0 radical (unpaired) electrons. The Labute approximate surface area is 342 Å². The predicted octanol–water partition coefficient (Wildman–Crippen LogP) is 14.0. The SMILES string of the molecule is c1ccc(-n2ccc3c4c5cc(-c6ccc(N(c7ccc(-c8cccnc8)cc7)c7ccc(-c8cccnc8)cc7)cc6)ccc5n(-c5ccccc5)c4ccc32)cc1. The maximum atomic E-state index is 4.34. The van der Waals surface area contributed by atoms with Crippen molar-refractivity contribution in [2.75, 3.05) is 4.90 Å². The number of aromatic nitrogens is 4. The van der Waals surface area contributed by atoms with Crippen LogP contribution < -0.4 is 4.90 Å². The Hall–Kier alpha value is -8.02. The van der Waals surface area contributed by atoms with Crippen molar-refractivity contribution in [3.63, 3.8) is 0 Å². The number of hydrogen-bond donors (Lipinski definition) is 0. The van der Waals surface area contributed by atoms with E-state index in [0.717, 1.165) is 56.3 Å². The third-order valence-electron chi connectivity index (χ3n) is 11.3. The lowest BCUT2D eigenvalue weighted by molar-refractivity contribution is 1.13. The van der Waals surface area contributed by atoms with Crippen LogP contribution in [-0.4, -0.2) is 19.1 Å². The van der Waals surface area contributed by atoms with Crippen molar-refractivity contribution in [2.45, 2.75) is 0 Å². The summed E-state index contributed by atoms with van der Waals surface area (Å²) in [5, 5.41) is 3.72. The van der Waals surface area contributed by atoms with Crippen molar-refractivity contribution in [1.82, 2.24) is 19.1 Å². The molecular formula is C54H37N5. The van der Waals surface area contributed by atoms with Crippen LogP contribution in [0, 0.1) is 0 Å². The number of hydrogen-bond acceptors (Lipinski definition) is 3. The maximum Gasteiger partial charge on any atom is 0.0548 e. The van der Waals surface area contributed by atoms with Crippen LogP contribution in [0.25, 0.3) is 77.5 Å². The Kier molecular flexibility index (Phi) is 8.41. The smallest absolute Gasteiger partial charge is 0.0548 e. The normalized spacial score (nSPS) is 11.4. The molecule has 11 aromatic rings. The molecule has 0 amide bonds. The molecule has 5 nitrogen and oxygen atoms in total. The number of benzene rings is 7. The van der Waals surface area contributed by atoms with Crippen molar-refractivity contribution in [3.05, 3.63) is 225 Å². The third kappa shape index (κ3) is 6.13. The molecule has 0 aliphatic heterocycles. The van der Waals surface area contributed by atoms with Gasteiger partial charge in [0.15, 0.2) is 0 Å². The lowest BCUT2D eigenvalue weighted by Crippen LogP contribution is -2.09. The van der Waals surface area contributed by atoms with Crippen molar-refractivity contribution in [1.29, 1.82) is 0 Å². The van der Waals surface area contributed by atoms with Crippen LogP contribution >= 0.6 is 0 Å². The van der Waals surface area contributed by atoms with E-state index in [1.54, 1.807) is 0 Å². The quantitative estimate of drug-likeness (QED) is 0.155. The van der Waals surface area contributed by atoms with E-state index in [1.165, 1.54) is 38.3 Å². The highest BCUT2D eigenvalue weighted by molar-refractivity contribution is 6.21. The van der Waals surface area contributed by atoms with E-state index >= 15 is 0 Å². The lowest BCUT2D eigenvalue weighted by atomic mass is 10.0. The van der Waals surface area contributed by atoms with Crippen molar-refractivity contribution < 1.29 is 0 Å². The fourth-order valence-corrected chi connectivity index (χ4v) is 8.51. The zero-order chi connectivity index (χ0) is 39.1. The van der Waals surface area contributed by atoms with Gasteiger partial charge in [-0.3, -0.25) is 9.97 Å². The van der Waals surface area contributed by atoms with Gasteiger partial charge in [-0.15, -0.1) is 0 Å². The molecule has 0 saturated carbocycles. The Balaban J connectivity index is 1.02. The molecule has 0 saturated heterocycles. The Morgan fingerprint density at radius 1 is 0.356 bits per heavy atom. The molecule has 0 spiro atoms. The number of rotatable bonds is 8. The third-order valence-corrected chi connectivity index (χ3v) is 11.3. The summed E-state index contributed by atoms with van der Waals surface area (Å²) < 4.78 is 4.68. The van der Waals surface area contributed by atoms with Crippen LogP contribution in [0.1, 0.15) is 0 Å². The molecule has 5 heteroatoms. The number of pyridine rings is 2. The van der Waals surface area contributed by atoms with E-state index in [4.69, 9.17) is 0 Å². The van der Waals surface area contributed by atoms with Crippen LogP contribution in [0.4, 0.5) is 17.1 Å². The molecule has 59 heavy (non-hydrogen) atoms. The molecule has 0 unspecified atom stereocenters. The second-order valence-corrected chi connectivity index (χ2v) is 14.8. The molecule has 4 heterocycles. The minimum atomic E-state index is 1.07. The summed E-state index contributed by atoms with van der Waals surface area (Å²) in [5.41, 5.74) is 15.8. The van der Waals surface area contributed by atoms with Gasteiger partial charge in [-0.1, -0.05) is 91.0 Å². The molecule has 11 rings (SSSR count). The van der Waals surface area contributed by atoms with Crippen molar-refractivity contribution in [2.24, 2.45) is 0 Å². The van der Waals surface area contributed by atoms with Gasteiger partial charge >= 0.3 is 0 Å². The van der Waals surface area contributed by atoms with Crippen LogP contribution in [0.5, 0.6) is 0 Å². The van der Waals surface area contributed by atoms with Gasteiger partial charge in [0.2, 0.25) is 0 Å². The van der Waals surface area contributed by atoms with Gasteiger partial charge < -0.3 is 14.0 Å². The first kappa shape index (κ1) is 34.2. The van der Waals surface area contributed by atoms with E-state index in [1.807, 2.05) is 36.9 Å². The highest BCUT2D eigenvalue weighted by atomic mass is 15.1. The van der Waals surface area contributed by atoms with E-state index in [2.05, 4.69) is 212 Å². The molecule has 0 N–H and O–H groups in total. The molecule has 7 aromatic carbocycles. The minimum Gasteiger partial charge on any atom is -0.317 e. The van der Waals surface area contributed by atoms with E-state index in [-0.39, 0.29) is 0 Å². The zero-order valence-corrected chi connectivity index (χ0v) is 32.1. The van der Waals surface area contributed by atoms with Crippen molar-refractivity contribution >= 4 is 49.8 Å². The molecule has 278 valence electrons. The average molecular weight is 756 g/mol. The number of fused-ring (bicyclic) bond motifs is 5. The first-order valence-corrected chi connectivity index (χ1v) is 19.9. The van der Waals surface area contributed by atoms with Gasteiger partial charge in [0, 0.05) is 75.6 Å². The summed E-state index contributed by atoms with van der Waals surface area (Å²) in [6.45, 7) is 0. The predicted molar refractivity (Wildman–Crippen MR) is 244 cm³/mol. The summed E-state index contributed by atoms with van der Waals surface area (Å²) in [6, 6.07) is 69.5. The largest absolute Gasteiger partial charge is 0.317 e. The highest BCUT2D eigenvalue weighted by Gasteiger charge is 2.19. The standard InChI is InChI=1S/C54H37N5/c1-3-11-44(12-4-1)57-34-31-49-51(57)29-30-53-54(49)50-35-41(21-28-52(50)59(53)45-13-5-2-6-14-45)38-15-22-46(23-16-38)58(47-24-17-39(18-25-47)42-9-7-32-55-36-42)48-26-19-40(20-27-48)43-10-8-33-56-37-43/h1-37H. The van der Waals surface area contributed by atoms with Gasteiger partial charge in [-0.05, 0) is 137 Å². The minimum absolute atomic E-state index is 1.07. The molecular weight excluding hydrogens is 719 g/mol. The molecule has 4 aromatic heterocycles. The zero-order valence-electron chi connectivity index (χ0n) is 32.1. The second-order valence-electron chi connectivity index (χ2n) is 14.8. The van der Waals surface area contributed by atoms with Gasteiger partial charge in [-0.2, -0.15) is 0 Å². The first-order valence-electron chi connectivity index (χ1n) is 19.9. The Morgan fingerprint density at radius 2 is 0.847 bits per heavy atom. The molecule has 0 fully saturated rings. The number of anilines is 3. The molecule has 0 aliphatic rings. The van der Waals surface area contributed by atoms with E-state index in [0.29, 0.717) is 0 Å².